The predicted octanol–water partition coefficient (Wildman–Crippen LogP) is 0.530. The number of carbonyl (C=O) groups is 1. The molecule has 9 heteroatoms. The number of hydrogen-bond acceptors (Lipinski definition) is 6. The molecule has 4 heterocycles. The smallest absolute Gasteiger partial charge is 0.352 e. The average Bonchev–Trinajstić information content (AvgIpc) is 3.14. The molecule has 0 amide bonds. The Morgan fingerprint density at radius 1 is 1.07 bits per heavy atom. The molecular formula is C19H19N3O6. The number of hydrogen-bond donors (Lipinski definition) is 0. The van der Waals surface area contributed by atoms with Crippen LogP contribution in [0, 0.1) is 0 Å². The molecule has 28 heavy (non-hydrogen) atoms. The van der Waals surface area contributed by atoms with Gasteiger partial charge in [0.1, 0.15) is 18.2 Å². The molecule has 1 saturated heterocycles. The zero-order valence-corrected chi connectivity index (χ0v) is 15.6. The van der Waals surface area contributed by atoms with Crippen LogP contribution in [0.15, 0.2) is 52.1 Å². The molecule has 1 aliphatic carbocycles. The standard InChI is InChI=1S/C19H19N3O6/c1-18(2)27-14-12-9-10-13(19(14,28-18)15(23)26-3)22-17(25)20(16(24)21(12)22)11-7-5-4-6-8-11/h4-10,12-14H,1-3H3/t12-,13+,14+,19-/m0/s1. The van der Waals surface area contributed by atoms with Gasteiger partial charge in [-0.15, -0.1) is 0 Å². The van der Waals surface area contributed by atoms with E-state index in [9.17, 15) is 14.4 Å². The molecule has 146 valence electrons. The first-order valence-corrected chi connectivity index (χ1v) is 8.98. The normalized spacial score (nSPS) is 31.5. The SMILES string of the molecule is COC(=O)[C@@]12OC(C)(C)O[C@@H]1[C@@H]1C=C[C@H]2n2c(=O)n(-c3ccccc3)c(=O)n21. The largest absolute Gasteiger partial charge is 0.467 e. The Balaban J connectivity index is 1.79. The molecule has 0 spiro atoms. The van der Waals surface area contributed by atoms with Gasteiger partial charge in [0.05, 0.1) is 12.8 Å². The van der Waals surface area contributed by atoms with E-state index in [1.165, 1.54) is 16.5 Å². The number of esters is 1. The average molecular weight is 385 g/mol. The molecule has 1 aromatic heterocycles. The second-order valence-corrected chi connectivity index (χ2v) is 7.57. The topological polar surface area (TPSA) is 93.7 Å². The molecule has 1 fully saturated rings. The third kappa shape index (κ3) is 1.90. The Morgan fingerprint density at radius 3 is 2.43 bits per heavy atom. The van der Waals surface area contributed by atoms with Gasteiger partial charge in [-0.05, 0) is 26.0 Å². The van der Waals surface area contributed by atoms with Gasteiger partial charge in [-0.3, -0.25) is 0 Å². The molecule has 9 nitrogen and oxygen atoms in total. The Hall–Kier alpha value is -2.91. The maximum absolute atomic E-state index is 13.3. The van der Waals surface area contributed by atoms with Crippen LogP contribution in [-0.4, -0.2) is 44.5 Å². The van der Waals surface area contributed by atoms with Crippen molar-refractivity contribution in [1.29, 1.82) is 0 Å². The summed E-state index contributed by atoms with van der Waals surface area (Å²) in [5.41, 5.74) is -2.14. The van der Waals surface area contributed by atoms with E-state index in [4.69, 9.17) is 14.2 Å². The second-order valence-electron chi connectivity index (χ2n) is 7.57. The Morgan fingerprint density at radius 2 is 1.75 bits per heavy atom. The van der Waals surface area contributed by atoms with Crippen LogP contribution in [0.5, 0.6) is 0 Å². The van der Waals surface area contributed by atoms with Gasteiger partial charge in [0.15, 0.2) is 5.79 Å². The van der Waals surface area contributed by atoms with Crippen molar-refractivity contribution in [3.63, 3.8) is 0 Å². The molecule has 2 aromatic rings. The maximum Gasteiger partial charge on any atom is 0.352 e. The molecule has 4 aliphatic rings. The molecule has 4 atom stereocenters. The number of para-hydroxylation sites is 1. The molecular weight excluding hydrogens is 366 g/mol. The summed E-state index contributed by atoms with van der Waals surface area (Å²) in [6, 6.07) is 7.09. The van der Waals surface area contributed by atoms with Crippen LogP contribution in [0.4, 0.5) is 0 Å². The Bertz CT molecular complexity index is 1120. The van der Waals surface area contributed by atoms with Crippen LogP contribution in [0.3, 0.4) is 0 Å². The number of ether oxygens (including phenoxy) is 3. The Kier molecular flexibility index (Phi) is 3.28. The van der Waals surface area contributed by atoms with Gasteiger partial charge >= 0.3 is 17.3 Å². The quantitative estimate of drug-likeness (QED) is 0.553. The fourth-order valence-corrected chi connectivity index (χ4v) is 4.60. The summed E-state index contributed by atoms with van der Waals surface area (Å²) in [7, 11) is 1.26. The minimum Gasteiger partial charge on any atom is -0.467 e. The van der Waals surface area contributed by atoms with Crippen LogP contribution >= 0.6 is 0 Å². The molecule has 0 radical (unpaired) electrons. The van der Waals surface area contributed by atoms with E-state index in [0.717, 1.165) is 4.57 Å². The lowest BCUT2D eigenvalue weighted by Crippen LogP contribution is -2.65. The van der Waals surface area contributed by atoms with E-state index >= 15 is 0 Å². The minimum atomic E-state index is -1.54. The van der Waals surface area contributed by atoms with Crippen molar-refractivity contribution in [2.75, 3.05) is 7.11 Å². The third-order valence-corrected chi connectivity index (χ3v) is 5.56. The van der Waals surface area contributed by atoms with Gasteiger partial charge in [0.25, 0.3) is 0 Å². The predicted molar refractivity (Wildman–Crippen MR) is 96.3 cm³/mol. The highest BCUT2D eigenvalue weighted by atomic mass is 16.8. The van der Waals surface area contributed by atoms with Crippen LogP contribution in [0.2, 0.25) is 0 Å². The fourth-order valence-electron chi connectivity index (χ4n) is 4.60. The fraction of sp³-hybridized carbons (Fsp3) is 0.421. The summed E-state index contributed by atoms with van der Waals surface area (Å²) in [6.07, 6.45) is 2.69. The van der Waals surface area contributed by atoms with Gasteiger partial charge in [0.2, 0.25) is 5.60 Å². The number of nitrogens with zero attached hydrogens (tertiary/aromatic N) is 3. The maximum atomic E-state index is 13.3. The summed E-state index contributed by atoms with van der Waals surface area (Å²) in [4.78, 5) is 39.3. The number of methoxy groups -OCH3 is 1. The highest BCUT2D eigenvalue weighted by Gasteiger charge is 2.70. The van der Waals surface area contributed by atoms with Crippen molar-refractivity contribution in [3.8, 4) is 5.69 Å². The first-order valence-electron chi connectivity index (χ1n) is 8.98. The lowest BCUT2D eigenvalue weighted by Gasteiger charge is -2.46. The monoisotopic (exact) mass is 385 g/mol. The zero-order valence-electron chi connectivity index (χ0n) is 15.6. The van der Waals surface area contributed by atoms with Crippen molar-refractivity contribution in [2.45, 2.75) is 43.4 Å². The highest BCUT2D eigenvalue weighted by molar-refractivity contribution is 5.83. The van der Waals surface area contributed by atoms with Gasteiger partial charge in [0, 0.05) is 0 Å². The van der Waals surface area contributed by atoms with Gasteiger partial charge in [-0.2, -0.15) is 0 Å². The van der Waals surface area contributed by atoms with E-state index in [1.807, 2.05) is 0 Å². The number of aromatic nitrogens is 3. The Labute approximate surface area is 159 Å². The van der Waals surface area contributed by atoms with E-state index in [2.05, 4.69) is 0 Å². The van der Waals surface area contributed by atoms with Crippen molar-refractivity contribution < 1.29 is 19.0 Å². The van der Waals surface area contributed by atoms with E-state index < -0.39 is 46.9 Å². The first kappa shape index (κ1) is 17.2. The lowest BCUT2D eigenvalue weighted by atomic mass is 9.78. The lowest BCUT2D eigenvalue weighted by molar-refractivity contribution is -0.195. The van der Waals surface area contributed by atoms with Crippen molar-refractivity contribution in [3.05, 3.63) is 63.5 Å². The molecule has 1 aromatic carbocycles. The third-order valence-electron chi connectivity index (χ3n) is 5.56. The molecule has 0 unspecified atom stereocenters. The number of carbonyl (C=O) groups excluding carboxylic acids is 1. The molecule has 2 bridgehead atoms. The van der Waals surface area contributed by atoms with E-state index in [0.29, 0.717) is 5.69 Å². The zero-order chi connectivity index (χ0) is 19.8. The van der Waals surface area contributed by atoms with Crippen LogP contribution < -0.4 is 11.4 Å². The minimum absolute atomic E-state index is 0.450. The van der Waals surface area contributed by atoms with E-state index in [1.54, 1.807) is 56.3 Å². The van der Waals surface area contributed by atoms with Gasteiger partial charge < -0.3 is 14.2 Å². The second kappa shape index (κ2) is 5.33. The first-order chi connectivity index (χ1) is 13.3. The molecule has 6 rings (SSSR count). The van der Waals surface area contributed by atoms with Crippen molar-refractivity contribution in [2.24, 2.45) is 0 Å². The van der Waals surface area contributed by atoms with Crippen molar-refractivity contribution >= 4 is 5.97 Å². The summed E-state index contributed by atoms with van der Waals surface area (Å²) in [5, 5.41) is 0. The number of benzene rings is 1. The summed E-state index contributed by atoms with van der Waals surface area (Å²) in [6.45, 7) is 3.38. The number of rotatable bonds is 2. The summed E-state index contributed by atoms with van der Waals surface area (Å²) in [5.74, 6) is -1.71. The molecule has 0 N–H and O–H groups in total. The summed E-state index contributed by atoms with van der Waals surface area (Å²) >= 11 is 0. The van der Waals surface area contributed by atoms with Gasteiger partial charge in [-0.1, -0.05) is 30.4 Å². The van der Waals surface area contributed by atoms with Crippen molar-refractivity contribution in [1.82, 2.24) is 13.9 Å². The van der Waals surface area contributed by atoms with Crippen LogP contribution in [0.1, 0.15) is 25.9 Å². The molecule has 0 saturated carbocycles. The van der Waals surface area contributed by atoms with Crippen LogP contribution in [0.25, 0.3) is 5.69 Å². The summed E-state index contributed by atoms with van der Waals surface area (Å²) < 4.78 is 20.8. The highest BCUT2D eigenvalue weighted by Crippen LogP contribution is 2.53. The van der Waals surface area contributed by atoms with E-state index in [-0.39, 0.29) is 0 Å². The van der Waals surface area contributed by atoms with Crippen LogP contribution in [-0.2, 0) is 19.0 Å². The van der Waals surface area contributed by atoms with Gasteiger partial charge in [-0.25, -0.2) is 28.3 Å². The molecule has 3 aliphatic heterocycles.